The van der Waals surface area contributed by atoms with Crippen molar-refractivity contribution >= 4 is 130 Å². The zero-order valence-corrected chi connectivity index (χ0v) is 62.8. The monoisotopic (exact) mass is 1480 g/mol. The van der Waals surface area contributed by atoms with Gasteiger partial charge < -0.3 is 18.3 Å². The topological polar surface area (TPSA) is 71.3 Å². The molecule has 540 valence electrons. The lowest BCUT2D eigenvalue weighted by molar-refractivity contribution is 1.17. The number of hydrogen-bond acceptors (Lipinski definition) is 4. The Labute approximate surface area is 667 Å². The molecule has 0 spiro atoms. The van der Waals surface area contributed by atoms with Crippen LogP contribution in [0.4, 0.5) is 0 Å². The van der Waals surface area contributed by atoms with Gasteiger partial charge in [0.25, 0.3) is 0 Å². The van der Waals surface area contributed by atoms with E-state index in [4.69, 9.17) is 19.9 Å². The molecule has 0 saturated heterocycles. The van der Waals surface area contributed by atoms with E-state index in [-0.39, 0.29) is 0 Å². The SMILES string of the molecule is c1ccc(-c2cc(-c3cccc4cc(-n5c6ccccc6c6cc7c8ccccc8n(-c8ccccc8)c7cc65)ccc34)nc(-c3ccc4ccccc4c3)n2)cc1.c1ccc(-c2nc(-c3ccc4ccccc4c3)cc(-c3ccc4c(-n5c6ccccc6c6cc7c8ccccc8n(-c8ccccc8)c7cc65)cccc4c3)n2)cc1. The van der Waals surface area contributed by atoms with Crippen LogP contribution in [0.3, 0.4) is 0 Å². The van der Waals surface area contributed by atoms with Gasteiger partial charge >= 0.3 is 0 Å². The molecule has 6 aromatic heterocycles. The summed E-state index contributed by atoms with van der Waals surface area (Å²) in [4.78, 5) is 20.7. The van der Waals surface area contributed by atoms with Gasteiger partial charge in [-0.3, -0.25) is 0 Å². The van der Waals surface area contributed by atoms with Gasteiger partial charge in [-0.05, 0) is 159 Å². The van der Waals surface area contributed by atoms with Crippen molar-refractivity contribution < 1.29 is 0 Å². The first-order chi connectivity index (χ1) is 57.5. The number of aromatic nitrogens is 8. The molecule has 0 aliphatic carbocycles. The van der Waals surface area contributed by atoms with E-state index in [0.29, 0.717) is 11.6 Å². The van der Waals surface area contributed by atoms with Crippen molar-refractivity contribution in [3.8, 4) is 90.6 Å². The fraction of sp³-hybridized carbons (Fsp3) is 0. The Kier molecular flexibility index (Phi) is 15.5. The summed E-state index contributed by atoms with van der Waals surface area (Å²) < 4.78 is 9.68. The van der Waals surface area contributed by atoms with Gasteiger partial charge in [-0.25, -0.2) is 19.9 Å². The van der Waals surface area contributed by atoms with Crippen molar-refractivity contribution in [2.24, 2.45) is 0 Å². The maximum Gasteiger partial charge on any atom is 0.160 e. The highest BCUT2D eigenvalue weighted by Gasteiger charge is 2.24. The molecule has 8 heteroatoms. The van der Waals surface area contributed by atoms with Gasteiger partial charge in [-0.1, -0.05) is 291 Å². The van der Waals surface area contributed by atoms with E-state index in [0.717, 1.165) is 95.1 Å². The van der Waals surface area contributed by atoms with Crippen molar-refractivity contribution in [3.63, 3.8) is 0 Å². The van der Waals surface area contributed by atoms with E-state index in [1.54, 1.807) is 0 Å². The largest absolute Gasteiger partial charge is 0.309 e. The Morgan fingerprint density at radius 3 is 1.06 bits per heavy atom. The molecule has 18 aromatic carbocycles. The number of hydrogen-bond donors (Lipinski definition) is 0. The molecule has 24 aromatic rings. The Hall–Kier alpha value is -15.6. The fourth-order valence-electron chi connectivity index (χ4n) is 18.0. The lowest BCUT2D eigenvalue weighted by atomic mass is 9.99. The summed E-state index contributed by atoms with van der Waals surface area (Å²) in [6, 6.07) is 148. The average Bonchev–Trinajstić information content (AvgIpc) is 1.56. The Morgan fingerprint density at radius 1 is 0.155 bits per heavy atom. The number of fused-ring (bicyclic) bond motifs is 16. The third kappa shape index (κ3) is 11.1. The van der Waals surface area contributed by atoms with Crippen molar-refractivity contribution in [3.05, 3.63) is 413 Å². The summed E-state index contributed by atoms with van der Waals surface area (Å²) in [5, 5.41) is 19.3. The summed E-state index contributed by atoms with van der Waals surface area (Å²) in [6.07, 6.45) is 0. The summed E-state index contributed by atoms with van der Waals surface area (Å²) >= 11 is 0. The van der Waals surface area contributed by atoms with Gasteiger partial charge in [0.2, 0.25) is 0 Å². The maximum atomic E-state index is 5.27. The van der Waals surface area contributed by atoms with Gasteiger partial charge in [-0.2, -0.15) is 0 Å². The second kappa shape index (κ2) is 27.1. The average molecular weight is 1480 g/mol. The molecule has 0 fully saturated rings. The molecule has 0 aliphatic heterocycles. The third-order valence-electron chi connectivity index (χ3n) is 23.4. The van der Waals surface area contributed by atoms with E-state index < -0.39 is 0 Å². The first-order valence-electron chi connectivity index (χ1n) is 39.5. The summed E-state index contributed by atoms with van der Waals surface area (Å²) in [6.45, 7) is 0. The zero-order chi connectivity index (χ0) is 76.3. The smallest absolute Gasteiger partial charge is 0.160 e. The molecule has 24 rings (SSSR count). The molecule has 0 atom stereocenters. The molecule has 0 radical (unpaired) electrons. The van der Waals surface area contributed by atoms with Crippen LogP contribution in [-0.2, 0) is 0 Å². The van der Waals surface area contributed by atoms with Crippen LogP contribution in [0.15, 0.2) is 413 Å². The molecule has 0 saturated carbocycles. The highest BCUT2D eigenvalue weighted by molar-refractivity contribution is 6.21. The van der Waals surface area contributed by atoms with Crippen LogP contribution >= 0.6 is 0 Å². The minimum absolute atomic E-state index is 0.708. The fourth-order valence-corrected chi connectivity index (χ4v) is 18.0. The highest BCUT2D eigenvalue weighted by atomic mass is 15.0. The van der Waals surface area contributed by atoms with Gasteiger partial charge in [0.15, 0.2) is 11.6 Å². The lowest BCUT2D eigenvalue weighted by Crippen LogP contribution is -1.98. The Morgan fingerprint density at radius 2 is 0.517 bits per heavy atom. The molecule has 0 unspecified atom stereocenters. The van der Waals surface area contributed by atoms with E-state index >= 15 is 0 Å². The van der Waals surface area contributed by atoms with Crippen molar-refractivity contribution in [1.82, 2.24) is 38.2 Å². The summed E-state index contributed by atoms with van der Waals surface area (Å²) in [7, 11) is 0. The Balaban J connectivity index is 0.000000137. The molecule has 116 heavy (non-hydrogen) atoms. The van der Waals surface area contributed by atoms with E-state index in [9.17, 15) is 0 Å². The standard InChI is InChI=1S/2C54H34N4/c1-3-15-36(16-4-1)48-33-49(56-54(55-48)39-27-26-35-14-7-8-17-37(35)30-39)43-23-13-18-38-31-41(28-29-42(38)43)58-51-25-12-10-22-45(51)47-32-46-44-21-9-11-24-50(44)57(52(46)34-53(47)58)40-19-5-2-6-20-40;1-3-15-36(16-4-1)54-55-47(39-27-26-35-14-7-8-17-37(35)30-39)33-48(56-54)40-28-29-42-38(31-40)18-13-25-49(42)58-51-24-12-10-22-44(51)46-32-45-43-21-9-11-23-50(43)57(52(45)34-53(46)58)41-19-5-2-6-20-41/h2*1-34H. The van der Waals surface area contributed by atoms with Crippen molar-refractivity contribution in [2.75, 3.05) is 0 Å². The normalized spacial score (nSPS) is 11.8. The zero-order valence-electron chi connectivity index (χ0n) is 62.8. The van der Waals surface area contributed by atoms with Crippen LogP contribution in [0, 0.1) is 0 Å². The number of para-hydroxylation sites is 6. The van der Waals surface area contributed by atoms with Crippen molar-refractivity contribution in [2.45, 2.75) is 0 Å². The predicted octanol–water partition coefficient (Wildman–Crippen LogP) is 28.0. The van der Waals surface area contributed by atoms with E-state index in [2.05, 4.69) is 407 Å². The van der Waals surface area contributed by atoms with Gasteiger partial charge in [-0.15, -0.1) is 0 Å². The van der Waals surface area contributed by atoms with Crippen molar-refractivity contribution in [1.29, 1.82) is 0 Å². The van der Waals surface area contributed by atoms with Crippen LogP contribution in [0.1, 0.15) is 0 Å². The molecular weight excluding hydrogens is 1410 g/mol. The number of rotatable bonds is 10. The minimum atomic E-state index is 0.708. The molecule has 6 heterocycles. The molecule has 0 amide bonds. The molecule has 0 aliphatic rings. The minimum Gasteiger partial charge on any atom is -0.309 e. The first-order valence-corrected chi connectivity index (χ1v) is 39.5. The second-order valence-electron chi connectivity index (χ2n) is 30.1. The van der Waals surface area contributed by atoms with Crippen LogP contribution in [0.2, 0.25) is 0 Å². The van der Waals surface area contributed by atoms with Gasteiger partial charge in [0, 0.05) is 98.9 Å². The lowest BCUT2D eigenvalue weighted by Gasteiger charge is -2.14. The van der Waals surface area contributed by atoms with Crippen LogP contribution in [0.25, 0.3) is 221 Å². The van der Waals surface area contributed by atoms with Gasteiger partial charge in [0.1, 0.15) is 0 Å². The van der Waals surface area contributed by atoms with E-state index in [1.807, 2.05) is 24.3 Å². The summed E-state index contributed by atoms with van der Waals surface area (Å²) in [5.41, 5.74) is 23.8. The maximum absolute atomic E-state index is 5.27. The second-order valence-corrected chi connectivity index (χ2v) is 30.1. The van der Waals surface area contributed by atoms with Gasteiger partial charge in [0.05, 0.1) is 72.6 Å². The molecule has 0 N–H and O–H groups in total. The Bertz CT molecular complexity index is 8070. The predicted molar refractivity (Wildman–Crippen MR) is 484 cm³/mol. The van der Waals surface area contributed by atoms with E-state index in [1.165, 1.54) is 114 Å². The first kappa shape index (κ1) is 66.2. The molecule has 8 nitrogen and oxygen atoms in total. The van der Waals surface area contributed by atoms with Crippen LogP contribution in [-0.4, -0.2) is 38.2 Å². The number of benzene rings is 18. The number of nitrogens with zero attached hydrogens (tertiary/aromatic N) is 8. The highest BCUT2D eigenvalue weighted by Crippen LogP contribution is 2.45. The van der Waals surface area contributed by atoms with Crippen LogP contribution in [0.5, 0.6) is 0 Å². The molecular formula is C108H68N8. The third-order valence-corrected chi connectivity index (χ3v) is 23.4. The van der Waals surface area contributed by atoms with Crippen LogP contribution < -0.4 is 0 Å². The quantitative estimate of drug-likeness (QED) is 0.137. The molecule has 0 bridgehead atoms. The summed E-state index contributed by atoms with van der Waals surface area (Å²) in [5.74, 6) is 1.42.